The molecule has 0 atom stereocenters. The fourth-order valence-electron chi connectivity index (χ4n) is 3.35. The number of pyridine rings is 1. The highest BCUT2D eigenvalue weighted by molar-refractivity contribution is 7.89. The monoisotopic (exact) mass is 460 g/mol. The average Bonchev–Trinajstić information content (AvgIpc) is 2.80. The molecule has 0 bridgehead atoms. The van der Waals surface area contributed by atoms with Gasteiger partial charge in [0.25, 0.3) is 0 Å². The quantitative estimate of drug-likeness (QED) is 0.651. The van der Waals surface area contributed by atoms with E-state index in [4.69, 9.17) is 5.26 Å². The predicted molar refractivity (Wildman–Crippen MR) is 118 cm³/mol. The van der Waals surface area contributed by atoms with E-state index in [1.54, 1.807) is 25.1 Å². The third kappa shape index (κ3) is 6.23. The van der Waals surface area contributed by atoms with E-state index < -0.39 is 21.9 Å². The lowest BCUT2D eigenvalue weighted by Gasteiger charge is -2.33. The van der Waals surface area contributed by atoms with Crippen LogP contribution < -0.4 is 10.6 Å². The third-order valence-corrected chi connectivity index (χ3v) is 7.06. The SMILES string of the molecule is CCS(=O)(=O)N1CCN(Cc2ccc(F)c(CNC(=O)Nc3ccc(C#N)nc3)c2)CC1. The second-order valence-electron chi connectivity index (χ2n) is 7.35. The Morgan fingerprint density at radius 1 is 1.22 bits per heavy atom. The van der Waals surface area contributed by atoms with Crippen LogP contribution in [0.3, 0.4) is 0 Å². The molecule has 1 aromatic heterocycles. The van der Waals surface area contributed by atoms with Gasteiger partial charge in [-0.3, -0.25) is 4.90 Å². The largest absolute Gasteiger partial charge is 0.334 e. The first kappa shape index (κ1) is 23.6. The van der Waals surface area contributed by atoms with Crippen molar-refractivity contribution in [2.24, 2.45) is 0 Å². The van der Waals surface area contributed by atoms with Gasteiger partial charge < -0.3 is 10.6 Å². The Labute approximate surface area is 186 Å². The molecule has 11 heteroatoms. The maximum Gasteiger partial charge on any atom is 0.319 e. The van der Waals surface area contributed by atoms with Crippen LogP contribution in [0, 0.1) is 17.1 Å². The number of halogens is 1. The molecule has 1 aromatic carbocycles. The maximum absolute atomic E-state index is 14.2. The first-order valence-electron chi connectivity index (χ1n) is 10.2. The van der Waals surface area contributed by atoms with E-state index in [2.05, 4.69) is 20.5 Å². The number of hydrogen-bond donors (Lipinski definition) is 2. The standard InChI is InChI=1S/C21H25FN6O3S/c1-2-32(30,31)28-9-7-27(8-10-28)15-16-3-6-20(22)17(11-16)13-25-21(29)26-19-5-4-18(12-23)24-14-19/h3-6,11,14H,2,7-10,13,15H2,1H3,(H2,25,26,29). The number of nitrogens with zero attached hydrogens (tertiary/aromatic N) is 4. The summed E-state index contributed by atoms with van der Waals surface area (Å²) in [5, 5.41) is 13.9. The summed E-state index contributed by atoms with van der Waals surface area (Å²) in [6, 6.07) is 9.17. The van der Waals surface area contributed by atoms with Crippen LogP contribution in [0.1, 0.15) is 23.7 Å². The summed E-state index contributed by atoms with van der Waals surface area (Å²) < 4.78 is 39.7. The zero-order valence-corrected chi connectivity index (χ0v) is 18.5. The van der Waals surface area contributed by atoms with Crippen LogP contribution in [0.4, 0.5) is 14.9 Å². The van der Waals surface area contributed by atoms with Crippen LogP contribution in [0.25, 0.3) is 0 Å². The van der Waals surface area contributed by atoms with E-state index in [0.717, 1.165) is 5.56 Å². The van der Waals surface area contributed by atoms with Gasteiger partial charge in [0.2, 0.25) is 10.0 Å². The summed E-state index contributed by atoms with van der Waals surface area (Å²) in [7, 11) is -3.18. The van der Waals surface area contributed by atoms with Gasteiger partial charge in [-0.05, 0) is 36.8 Å². The minimum Gasteiger partial charge on any atom is -0.334 e. The number of sulfonamides is 1. The highest BCUT2D eigenvalue weighted by atomic mass is 32.2. The van der Waals surface area contributed by atoms with Gasteiger partial charge in [-0.2, -0.15) is 9.57 Å². The third-order valence-electron chi connectivity index (χ3n) is 5.18. The first-order valence-corrected chi connectivity index (χ1v) is 11.8. The smallest absolute Gasteiger partial charge is 0.319 e. The predicted octanol–water partition coefficient (Wildman–Crippen LogP) is 1.88. The first-order chi connectivity index (χ1) is 15.3. The molecule has 3 rings (SSSR count). The van der Waals surface area contributed by atoms with Crippen molar-refractivity contribution in [2.45, 2.75) is 20.0 Å². The highest BCUT2D eigenvalue weighted by Crippen LogP contribution is 2.15. The van der Waals surface area contributed by atoms with Crippen molar-refractivity contribution >= 4 is 21.7 Å². The molecular weight excluding hydrogens is 435 g/mol. The summed E-state index contributed by atoms with van der Waals surface area (Å²) >= 11 is 0. The number of aromatic nitrogens is 1. The number of nitrogens with one attached hydrogen (secondary N) is 2. The molecule has 1 aliphatic rings. The van der Waals surface area contributed by atoms with Crippen molar-refractivity contribution in [3.63, 3.8) is 0 Å². The van der Waals surface area contributed by atoms with Crippen molar-refractivity contribution in [3.8, 4) is 6.07 Å². The Balaban J connectivity index is 1.53. The number of nitriles is 1. The van der Waals surface area contributed by atoms with Crippen LogP contribution in [-0.2, 0) is 23.1 Å². The highest BCUT2D eigenvalue weighted by Gasteiger charge is 2.25. The van der Waals surface area contributed by atoms with Crippen LogP contribution in [0.15, 0.2) is 36.5 Å². The van der Waals surface area contributed by atoms with Gasteiger partial charge in [-0.25, -0.2) is 22.6 Å². The minimum absolute atomic E-state index is 0.00225. The molecule has 0 saturated carbocycles. The van der Waals surface area contributed by atoms with Gasteiger partial charge in [0, 0.05) is 44.8 Å². The molecule has 2 aromatic rings. The molecule has 0 unspecified atom stereocenters. The average molecular weight is 461 g/mol. The molecule has 1 fully saturated rings. The zero-order chi connectivity index (χ0) is 23.1. The second kappa shape index (κ2) is 10.5. The molecule has 0 radical (unpaired) electrons. The van der Waals surface area contributed by atoms with Gasteiger partial charge in [-0.1, -0.05) is 6.07 Å². The number of piperazine rings is 1. The van der Waals surface area contributed by atoms with Crippen LogP contribution in [0.2, 0.25) is 0 Å². The Hall–Kier alpha value is -3.07. The zero-order valence-electron chi connectivity index (χ0n) is 17.7. The maximum atomic E-state index is 14.2. The Bertz CT molecular complexity index is 1090. The topological polar surface area (TPSA) is 118 Å². The van der Waals surface area contributed by atoms with Crippen molar-refractivity contribution in [2.75, 3.05) is 37.2 Å². The lowest BCUT2D eigenvalue weighted by Crippen LogP contribution is -2.48. The van der Waals surface area contributed by atoms with E-state index in [1.807, 2.05) is 6.07 Å². The molecule has 2 heterocycles. The normalized spacial score (nSPS) is 15.2. The van der Waals surface area contributed by atoms with Crippen molar-refractivity contribution in [3.05, 3.63) is 59.2 Å². The molecule has 170 valence electrons. The second-order valence-corrected chi connectivity index (χ2v) is 9.61. The lowest BCUT2D eigenvalue weighted by atomic mass is 10.1. The van der Waals surface area contributed by atoms with E-state index in [0.29, 0.717) is 44.0 Å². The molecule has 32 heavy (non-hydrogen) atoms. The summed E-state index contributed by atoms with van der Waals surface area (Å²) in [5.41, 5.74) is 1.89. The molecule has 2 amide bonds. The van der Waals surface area contributed by atoms with E-state index >= 15 is 0 Å². The molecule has 1 aliphatic heterocycles. The summed E-state index contributed by atoms with van der Waals surface area (Å²) in [6.45, 7) is 4.29. The van der Waals surface area contributed by atoms with Gasteiger partial charge >= 0.3 is 6.03 Å². The molecule has 1 saturated heterocycles. The number of rotatable bonds is 7. The summed E-state index contributed by atoms with van der Waals surface area (Å²) in [5.74, 6) is -0.329. The van der Waals surface area contributed by atoms with E-state index in [1.165, 1.54) is 22.6 Å². The fraction of sp³-hybridized carbons (Fsp3) is 0.381. The van der Waals surface area contributed by atoms with E-state index in [9.17, 15) is 17.6 Å². The van der Waals surface area contributed by atoms with Gasteiger partial charge in [-0.15, -0.1) is 0 Å². The van der Waals surface area contributed by atoms with Crippen molar-refractivity contribution in [1.82, 2.24) is 19.5 Å². The van der Waals surface area contributed by atoms with Gasteiger partial charge in [0.15, 0.2) is 0 Å². The summed E-state index contributed by atoms with van der Waals surface area (Å²) in [6.07, 6.45) is 1.37. The Morgan fingerprint density at radius 3 is 2.59 bits per heavy atom. The lowest BCUT2D eigenvalue weighted by molar-refractivity contribution is 0.181. The molecular formula is C21H25FN6O3S. The number of carbonyl (C=O) groups is 1. The number of benzene rings is 1. The molecule has 9 nitrogen and oxygen atoms in total. The van der Waals surface area contributed by atoms with Gasteiger partial charge in [0.1, 0.15) is 17.6 Å². The number of urea groups is 1. The fourth-order valence-corrected chi connectivity index (χ4v) is 4.44. The van der Waals surface area contributed by atoms with Crippen molar-refractivity contribution in [1.29, 1.82) is 5.26 Å². The Morgan fingerprint density at radius 2 is 1.97 bits per heavy atom. The molecule has 0 spiro atoms. The van der Waals surface area contributed by atoms with Crippen LogP contribution in [-0.4, -0.2) is 60.6 Å². The Kier molecular flexibility index (Phi) is 7.74. The molecule has 2 N–H and O–H groups in total. The minimum atomic E-state index is -3.18. The molecule has 0 aliphatic carbocycles. The number of carbonyl (C=O) groups excluding carboxylic acids is 1. The van der Waals surface area contributed by atoms with Crippen LogP contribution >= 0.6 is 0 Å². The van der Waals surface area contributed by atoms with E-state index in [-0.39, 0.29) is 18.0 Å². The van der Waals surface area contributed by atoms with Crippen LogP contribution in [0.5, 0.6) is 0 Å². The number of hydrogen-bond acceptors (Lipinski definition) is 6. The number of anilines is 1. The summed E-state index contributed by atoms with van der Waals surface area (Å²) in [4.78, 5) is 18.1. The van der Waals surface area contributed by atoms with Gasteiger partial charge in [0.05, 0.1) is 17.6 Å². The number of amides is 2. The van der Waals surface area contributed by atoms with Crippen molar-refractivity contribution < 1.29 is 17.6 Å².